The fourth-order valence-electron chi connectivity index (χ4n) is 3.00. The lowest BCUT2D eigenvalue weighted by Gasteiger charge is -2.16. The number of rotatable bonds is 3. The second kappa shape index (κ2) is 7.55. The maximum atomic E-state index is 13.9. The van der Waals surface area contributed by atoms with Crippen LogP contribution >= 0.6 is 28.3 Å². The third-order valence-electron chi connectivity index (χ3n) is 4.07. The molecule has 0 unspecified atom stereocenters. The van der Waals surface area contributed by atoms with Crippen molar-refractivity contribution in [1.29, 1.82) is 0 Å². The molecule has 22 heavy (non-hydrogen) atoms. The summed E-state index contributed by atoms with van der Waals surface area (Å²) in [6.45, 7) is 2.27. The molecule has 3 rings (SSSR count). The van der Waals surface area contributed by atoms with E-state index in [9.17, 15) is 4.39 Å². The molecule has 0 saturated carbocycles. The van der Waals surface area contributed by atoms with Crippen LogP contribution in [0.4, 0.5) is 4.39 Å². The second-order valence-corrected chi connectivity index (χ2v) is 6.53. The molecule has 1 aliphatic heterocycles. The Hall–Kier alpha value is -0.940. The monoisotopic (exact) mass is 384 g/mol. The van der Waals surface area contributed by atoms with Gasteiger partial charge in [-0.2, -0.15) is 0 Å². The smallest absolute Gasteiger partial charge is 0.127 e. The summed E-state index contributed by atoms with van der Waals surface area (Å²) in [5.41, 5.74) is 8.26. The Morgan fingerprint density at radius 3 is 2.59 bits per heavy atom. The van der Waals surface area contributed by atoms with E-state index < -0.39 is 0 Å². The summed E-state index contributed by atoms with van der Waals surface area (Å²) in [5, 5.41) is 0. The van der Waals surface area contributed by atoms with Crippen molar-refractivity contribution < 1.29 is 4.39 Å². The van der Waals surface area contributed by atoms with Crippen LogP contribution in [-0.2, 0) is 6.54 Å². The maximum Gasteiger partial charge on any atom is 0.127 e. The van der Waals surface area contributed by atoms with Crippen LogP contribution in [-0.4, -0.2) is 24.0 Å². The Balaban J connectivity index is 0.00000176. The standard InChI is InChI=1S/C17H18BrFN2.ClH/c18-14-6-7-16(19)13(8-14)9-21-10-15(17(20)11-21)12-4-2-1-3-5-12;/h1-8,15,17H,9-11,20H2;1H/t15-,17+;/m0./s1. The average Bonchev–Trinajstić information content (AvgIpc) is 2.84. The number of hydrogen-bond acceptors (Lipinski definition) is 2. The molecule has 0 bridgehead atoms. The summed E-state index contributed by atoms with van der Waals surface area (Å²) in [6, 6.07) is 15.5. The zero-order valence-corrected chi connectivity index (χ0v) is 14.5. The molecule has 2 atom stereocenters. The van der Waals surface area contributed by atoms with Crippen LogP contribution in [0.2, 0.25) is 0 Å². The number of nitrogens with two attached hydrogens (primary N) is 1. The zero-order chi connectivity index (χ0) is 14.8. The highest BCUT2D eigenvalue weighted by molar-refractivity contribution is 9.10. The van der Waals surface area contributed by atoms with Gasteiger partial charge in [0.05, 0.1) is 0 Å². The molecule has 0 aromatic heterocycles. The molecular weight excluding hydrogens is 367 g/mol. The third-order valence-corrected chi connectivity index (χ3v) is 4.56. The van der Waals surface area contributed by atoms with E-state index in [1.807, 2.05) is 24.3 Å². The molecule has 1 fully saturated rings. The van der Waals surface area contributed by atoms with Gasteiger partial charge in [0.15, 0.2) is 0 Å². The molecule has 1 aliphatic rings. The summed E-state index contributed by atoms with van der Waals surface area (Å²) in [4.78, 5) is 2.23. The lowest BCUT2D eigenvalue weighted by molar-refractivity contribution is 0.318. The van der Waals surface area contributed by atoms with E-state index >= 15 is 0 Å². The fraction of sp³-hybridized carbons (Fsp3) is 0.294. The van der Waals surface area contributed by atoms with Crippen LogP contribution < -0.4 is 5.73 Å². The molecule has 2 aromatic rings. The van der Waals surface area contributed by atoms with E-state index in [0.717, 1.165) is 17.6 Å². The number of nitrogens with zero attached hydrogens (tertiary/aromatic N) is 1. The second-order valence-electron chi connectivity index (χ2n) is 5.61. The van der Waals surface area contributed by atoms with Gasteiger partial charge in [0, 0.05) is 41.6 Å². The normalized spacial score (nSPS) is 21.6. The van der Waals surface area contributed by atoms with Crippen molar-refractivity contribution in [3.63, 3.8) is 0 Å². The topological polar surface area (TPSA) is 29.3 Å². The first-order chi connectivity index (χ1) is 10.1. The van der Waals surface area contributed by atoms with E-state index in [2.05, 4.69) is 33.0 Å². The molecule has 2 nitrogen and oxygen atoms in total. The molecule has 0 amide bonds. The van der Waals surface area contributed by atoms with Crippen molar-refractivity contribution in [2.45, 2.75) is 18.5 Å². The van der Waals surface area contributed by atoms with Gasteiger partial charge in [-0.25, -0.2) is 4.39 Å². The average molecular weight is 386 g/mol. The quantitative estimate of drug-likeness (QED) is 0.867. The van der Waals surface area contributed by atoms with E-state index in [-0.39, 0.29) is 24.3 Å². The van der Waals surface area contributed by atoms with Crippen LogP contribution in [0.3, 0.4) is 0 Å². The molecule has 2 aromatic carbocycles. The highest BCUT2D eigenvalue weighted by atomic mass is 79.9. The van der Waals surface area contributed by atoms with Crippen molar-refractivity contribution >= 4 is 28.3 Å². The van der Waals surface area contributed by atoms with Gasteiger partial charge < -0.3 is 5.73 Å². The third kappa shape index (κ3) is 3.87. The van der Waals surface area contributed by atoms with Crippen LogP contribution in [0.1, 0.15) is 17.0 Å². The maximum absolute atomic E-state index is 13.9. The van der Waals surface area contributed by atoms with Gasteiger partial charge in [-0.05, 0) is 23.8 Å². The number of hydrogen-bond donors (Lipinski definition) is 1. The van der Waals surface area contributed by atoms with Gasteiger partial charge in [0.2, 0.25) is 0 Å². The van der Waals surface area contributed by atoms with E-state index in [4.69, 9.17) is 5.73 Å². The first-order valence-electron chi connectivity index (χ1n) is 7.10. The summed E-state index contributed by atoms with van der Waals surface area (Å²) >= 11 is 3.40. The van der Waals surface area contributed by atoms with Crippen molar-refractivity contribution in [1.82, 2.24) is 4.90 Å². The largest absolute Gasteiger partial charge is 0.326 e. The lowest BCUT2D eigenvalue weighted by Crippen LogP contribution is -2.28. The molecule has 1 heterocycles. The fourth-order valence-corrected chi connectivity index (χ4v) is 3.41. The molecule has 5 heteroatoms. The van der Waals surface area contributed by atoms with Gasteiger partial charge in [-0.15, -0.1) is 12.4 Å². The van der Waals surface area contributed by atoms with Crippen LogP contribution in [0.25, 0.3) is 0 Å². The molecule has 0 radical (unpaired) electrons. The number of halogens is 3. The Morgan fingerprint density at radius 1 is 1.14 bits per heavy atom. The van der Waals surface area contributed by atoms with Gasteiger partial charge in [0.25, 0.3) is 0 Å². The van der Waals surface area contributed by atoms with Crippen LogP contribution in [0.15, 0.2) is 53.0 Å². The zero-order valence-electron chi connectivity index (χ0n) is 12.1. The Kier molecular flexibility index (Phi) is 5.98. The molecular formula is C17H19BrClFN2. The van der Waals surface area contributed by atoms with Gasteiger partial charge in [-0.3, -0.25) is 4.90 Å². The Morgan fingerprint density at radius 2 is 1.86 bits per heavy atom. The predicted molar refractivity (Wildman–Crippen MR) is 93.8 cm³/mol. The Bertz CT molecular complexity index is 623. The predicted octanol–water partition coefficient (Wildman–Crippen LogP) is 3.94. The first kappa shape index (κ1) is 17.4. The minimum Gasteiger partial charge on any atom is -0.326 e. The first-order valence-corrected chi connectivity index (χ1v) is 7.89. The van der Waals surface area contributed by atoms with Gasteiger partial charge in [0.1, 0.15) is 5.82 Å². The van der Waals surface area contributed by atoms with Crippen LogP contribution in [0.5, 0.6) is 0 Å². The van der Waals surface area contributed by atoms with Crippen molar-refractivity contribution in [2.75, 3.05) is 13.1 Å². The molecule has 1 saturated heterocycles. The van der Waals surface area contributed by atoms with Gasteiger partial charge >= 0.3 is 0 Å². The van der Waals surface area contributed by atoms with Crippen LogP contribution in [0, 0.1) is 5.82 Å². The molecule has 2 N–H and O–H groups in total. The van der Waals surface area contributed by atoms with Crippen molar-refractivity contribution in [3.05, 3.63) is 69.9 Å². The number of likely N-dealkylation sites (tertiary alicyclic amines) is 1. The van der Waals surface area contributed by atoms with Gasteiger partial charge in [-0.1, -0.05) is 46.3 Å². The molecule has 0 aliphatic carbocycles. The minimum absolute atomic E-state index is 0. The Labute approximate surface area is 145 Å². The van der Waals surface area contributed by atoms with E-state index in [1.54, 1.807) is 6.07 Å². The molecule has 0 spiro atoms. The summed E-state index contributed by atoms with van der Waals surface area (Å²) < 4.78 is 14.8. The number of benzene rings is 2. The SMILES string of the molecule is Cl.N[C@@H]1CN(Cc2cc(Br)ccc2F)C[C@H]1c1ccccc1. The van der Waals surface area contributed by atoms with Crippen molar-refractivity contribution in [3.8, 4) is 0 Å². The summed E-state index contributed by atoms with van der Waals surface area (Å²) in [5.74, 6) is 0.163. The highest BCUT2D eigenvalue weighted by Crippen LogP contribution is 2.28. The lowest BCUT2D eigenvalue weighted by atomic mass is 9.95. The van der Waals surface area contributed by atoms with E-state index in [1.165, 1.54) is 11.6 Å². The molecule has 118 valence electrons. The van der Waals surface area contributed by atoms with Crippen molar-refractivity contribution in [2.24, 2.45) is 5.73 Å². The van der Waals surface area contributed by atoms with E-state index in [0.29, 0.717) is 18.0 Å². The summed E-state index contributed by atoms with van der Waals surface area (Å²) in [6.07, 6.45) is 0. The minimum atomic E-state index is -0.157. The highest BCUT2D eigenvalue weighted by Gasteiger charge is 2.31. The summed E-state index contributed by atoms with van der Waals surface area (Å²) in [7, 11) is 0.